The summed E-state index contributed by atoms with van der Waals surface area (Å²) in [5, 5.41) is 16.8. The molecule has 1 saturated heterocycles. The second kappa shape index (κ2) is 9.89. The van der Waals surface area contributed by atoms with Crippen LogP contribution in [0.15, 0.2) is 48.8 Å². The van der Waals surface area contributed by atoms with Crippen LogP contribution in [0.1, 0.15) is 23.7 Å². The van der Waals surface area contributed by atoms with Crippen LogP contribution in [0, 0.1) is 0 Å². The van der Waals surface area contributed by atoms with Gasteiger partial charge in [0, 0.05) is 30.9 Å². The van der Waals surface area contributed by atoms with Gasteiger partial charge < -0.3 is 20.6 Å². The van der Waals surface area contributed by atoms with E-state index in [2.05, 4.69) is 25.5 Å². The number of nitrogens with zero attached hydrogens (tertiary/aromatic N) is 4. The standard InChI is InChI=1S/C26H24Cl2N6O2/c1-14(35)18-12-30-22-5-4-21(15-9-19(27)26(36)20(28)10-15)33-25(22)24(18)32-16-3-6-23(31-11-16)34-8-7-17(13-34)29-2/h3-6,9-12,17,29,36H,7-8,13H2,1-2H3,(H,30,32). The lowest BCUT2D eigenvalue weighted by molar-refractivity contribution is 0.101. The van der Waals surface area contributed by atoms with Gasteiger partial charge >= 0.3 is 0 Å². The molecule has 3 aromatic heterocycles. The Balaban J connectivity index is 1.53. The molecule has 10 heteroatoms. The number of halogens is 2. The van der Waals surface area contributed by atoms with Gasteiger partial charge in [-0.05, 0) is 56.8 Å². The Morgan fingerprint density at radius 1 is 1.11 bits per heavy atom. The first-order chi connectivity index (χ1) is 17.3. The zero-order chi connectivity index (χ0) is 25.4. The van der Waals surface area contributed by atoms with Gasteiger partial charge in [-0.3, -0.25) is 9.78 Å². The molecule has 0 amide bonds. The first-order valence-corrected chi connectivity index (χ1v) is 12.2. The summed E-state index contributed by atoms with van der Waals surface area (Å²) in [5.74, 6) is 0.581. The van der Waals surface area contributed by atoms with Crippen LogP contribution in [-0.2, 0) is 0 Å². The number of carbonyl (C=O) groups is 1. The first kappa shape index (κ1) is 24.2. The SMILES string of the molecule is CNC1CCN(c2ccc(Nc3c(C(C)=O)cnc4ccc(-c5cc(Cl)c(O)c(Cl)c5)nc34)cn2)C1. The smallest absolute Gasteiger partial charge is 0.163 e. The second-order valence-corrected chi connectivity index (χ2v) is 9.52. The maximum Gasteiger partial charge on any atom is 0.163 e. The molecule has 4 heterocycles. The highest BCUT2D eigenvalue weighted by Crippen LogP contribution is 2.37. The molecule has 8 nitrogen and oxygen atoms in total. The maximum atomic E-state index is 12.5. The number of benzene rings is 1. The zero-order valence-corrected chi connectivity index (χ0v) is 21.2. The van der Waals surface area contributed by atoms with E-state index in [0.29, 0.717) is 39.6 Å². The van der Waals surface area contributed by atoms with Gasteiger partial charge in [0.1, 0.15) is 11.3 Å². The maximum absolute atomic E-state index is 12.5. The van der Waals surface area contributed by atoms with Crippen LogP contribution in [0.2, 0.25) is 10.0 Å². The van der Waals surface area contributed by atoms with E-state index in [9.17, 15) is 9.90 Å². The Morgan fingerprint density at radius 3 is 2.53 bits per heavy atom. The van der Waals surface area contributed by atoms with E-state index in [4.69, 9.17) is 28.2 Å². The lowest BCUT2D eigenvalue weighted by Gasteiger charge is -2.18. The molecule has 1 aromatic carbocycles. The van der Waals surface area contributed by atoms with Crippen LogP contribution in [0.5, 0.6) is 5.75 Å². The lowest BCUT2D eigenvalue weighted by Crippen LogP contribution is -2.29. The number of aromatic nitrogens is 3. The van der Waals surface area contributed by atoms with Crippen LogP contribution < -0.4 is 15.5 Å². The van der Waals surface area contributed by atoms with Crippen LogP contribution in [0.3, 0.4) is 0 Å². The molecule has 184 valence electrons. The summed E-state index contributed by atoms with van der Waals surface area (Å²) in [5.41, 5.74) is 3.99. The number of pyridine rings is 3. The van der Waals surface area contributed by atoms with Crippen molar-refractivity contribution in [2.24, 2.45) is 0 Å². The van der Waals surface area contributed by atoms with Gasteiger partial charge in [-0.2, -0.15) is 0 Å². The third-order valence-corrected chi connectivity index (χ3v) is 6.92. The summed E-state index contributed by atoms with van der Waals surface area (Å²) in [7, 11) is 1.98. The predicted molar refractivity (Wildman–Crippen MR) is 144 cm³/mol. The zero-order valence-electron chi connectivity index (χ0n) is 19.7. The number of rotatable bonds is 6. The van der Waals surface area contributed by atoms with Crippen molar-refractivity contribution in [3.63, 3.8) is 0 Å². The summed E-state index contributed by atoms with van der Waals surface area (Å²) in [4.78, 5) is 28.6. The fourth-order valence-electron chi connectivity index (χ4n) is 4.33. The number of anilines is 3. The van der Waals surface area contributed by atoms with Crippen molar-refractivity contribution in [2.45, 2.75) is 19.4 Å². The lowest BCUT2D eigenvalue weighted by atomic mass is 10.1. The fraction of sp³-hybridized carbons (Fsp3) is 0.231. The molecule has 1 atom stereocenters. The third-order valence-electron chi connectivity index (χ3n) is 6.34. The quantitative estimate of drug-likeness (QED) is 0.287. The largest absolute Gasteiger partial charge is 0.505 e. The fourth-order valence-corrected chi connectivity index (χ4v) is 4.82. The Morgan fingerprint density at radius 2 is 1.89 bits per heavy atom. The monoisotopic (exact) mass is 522 g/mol. The summed E-state index contributed by atoms with van der Waals surface area (Å²) in [6.07, 6.45) is 4.38. The van der Waals surface area contributed by atoms with Crippen molar-refractivity contribution in [3.05, 3.63) is 64.4 Å². The minimum atomic E-state index is -0.183. The van der Waals surface area contributed by atoms with Crippen LogP contribution >= 0.6 is 23.2 Å². The Hall–Kier alpha value is -3.46. The second-order valence-electron chi connectivity index (χ2n) is 8.71. The normalized spacial score (nSPS) is 15.4. The van der Waals surface area contributed by atoms with Crippen molar-refractivity contribution >= 4 is 57.2 Å². The molecule has 1 unspecified atom stereocenters. The molecule has 1 fully saturated rings. The van der Waals surface area contributed by atoms with Crippen molar-refractivity contribution in [3.8, 4) is 17.0 Å². The average Bonchev–Trinajstić information content (AvgIpc) is 3.36. The number of ketones is 1. The minimum Gasteiger partial charge on any atom is -0.505 e. The average molecular weight is 523 g/mol. The van der Waals surface area contributed by atoms with E-state index >= 15 is 0 Å². The molecule has 4 aromatic rings. The molecule has 1 aliphatic heterocycles. The molecule has 0 radical (unpaired) electrons. The van der Waals surface area contributed by atoms with Crippen molar-refractivity contribution in [1.82, 2.24) is 20.3 Å². The molecule has 0 saturated carbocycles. The first-order valence-electron chi connectivity index (χ1n) is 11.5. The number of aromatic hydroxyl groups is 1. The van der Waals surface area contributed by atoms with Gasteiger partial charge in [-0.25, -0.2) is 9.97 Å². The number of hydrogen-bond acceptors (Lipinski definition) is 8. The molecular weight excluding hydrogens is 499 g/mol. The van der Waals surface area contributed by atoms with E-state index < -0.39 is 0 Å². The Bertz CT molecular complexity index is 1440. The molecule has 1 aliphatic rings. The Kier molecular flexibility index (Phi) is 6.66. The predicted octanol–water partition coefficient (Wildman–Crippen LogP) is 5.45. The van der Waals surface area contributed by atoms with Crippen molar-refractivity contribution < 1.29 is 9.90 Å². The van der Waals surface area contributed by atoms with Crippen molar-refractivity contribution in [2.75, 3.05) is 30.4 Å². The van der Waals surface area contributed by atoms with Gasteiger partial charge in [0.15, 0.2) is 11.5 Å². The summed E-state index contributed by atoms with van der Waals surface area (Å²) in [6.45, 7) is 3.36. The number of Topliss-reactive ketones (excluding diaryl/α,β-unsaturated/α-hetero) is 1. The Labute approximate surface area is 218 Å². The molecule has 5 rings (SSSR count). The van der Waals surface area contributed by atoms with Crippen LogP contribution in [0.25, 0.3) is 22.3 Å². The number of hydrogen-bond donors (Lipinski definition) is 3. The summed E-state index contributed by atoms with van der Waals surface area (Å²) < 4.78 is 0. The molecule has 3 N–H and O–H groups in total. The number of phenolic OH excluding ortho intramolecular Hbond substituents is 1. The highest BCUT2D eigenvalue weighted by atomic mass is 35.5. The van der Waals surface area contributed by atoms with E-state index in [0.717, 1.165) is 31.0 Å². The van der Waals surface area contributed by atoms with Gasteiger partial charge in [-0.15, -0.1) is 0 Å². The van der Waals surface area contributed by atoms with Gasteiger partial charge in [-0.1, -0.05) is 23.2 Å². The number of carbonyl (C=O) groups excluding carboxylic acids is 1. The van der Waals surface area contributed by atoms with Crippen LogP contribution in [0.4, 0.5) is 17.2 Å². The summed E-state index contributed by atoms with van der Waals surface area (Å²) >= 11 is 12.2. The third kappa shape index (κ3) is 4.67. The van der Waals surface area contributed by atoms with Gasteiger partial charge in [0.25, 0.3) is 0 Å². The molecule has 36 heavy (non-hydrogen) atoms. The van der Waals surface area contributed by atoms with E-state index in [-0.39, 0.29) is 21.6 Å². The van der Waals surface area contributed by atoms with Crippen molar-refractivity contribution in [1.29, 1.82) is 0 Å². The van der Waals surface area contributed by atoms with Gasteiger partial charge in [0.2, 0.25) is 0 Å². The van der Waals surface area contributed by atoms with E-state index in [1.54, 1.807) is 30.6 Å². The molecule has 0 bridgehead atoms. The van der Waals surface area contributed by atoms with E-state index in [1.165, 1.54) is 6.92 Å². The number of nitrogens with one attached hydrogen (secondary N) is 2. The summed E-state index contributed by atoms with van der Waals surface area (Å²) in [6, 6.07) is 11.2. The number of phenols is 1. The topological polar surface area (TPSA) is 103 Å². The highest BCUT2D eigenvalue weighted by Gasteiger charge is 2.22. The number of likely N-dealkylation sites (N-methyl/N-ethyl adjacent to an activating group) is 1. The van der Waals surface area contributed by atoms with Crippen LogP contribution in [-0.4, -0.2) is 52.0 Å². The van der Waals surface area contributed by atoms with E-state index in [1.807, 2.05) is 25.2 Å². The molecule has 0 aliphatic carbocycles. The molecular formula is C26H24Cl2N6O2. The number of fused-ring (bicyclic) bond motifs is 1. The van der Waals surface area contributed by atoms with Gasteiger partial charge in [0.05, 0.1) is 44.4 Å². The minimum absolute atomic E-state index is 0.124. The molecule has 0 spiro atoms. The highest BCUT2D eigenvalue weighted by molar-refractivity contribution is 6.37.